The molecule has 1 saturated carbocycles. The van der Waals surface area contributed by atoms with Crippen molar-refractivity contribution in [3.05, 3.63) is 35.1 Å². The molecule has 1 fully saturated rings. The Labute approximate surface area is 122 Å². The van der Waals surface area contributed by atoms with Gasteiger partial charge in [0.25, 0.3) is 0 Å². The summed E-state index contributed by atoms with van der Waals surface area (Å²) in [6.45, 7) is 0. The van der Waals surface area contributed by atoms with Gasteiger partial charge >= 0.3 is 6.18 Å². The molecule has 2 N–H and O–H groups in total. The second-order valence-electron chi connectivity index (χ2n) is 5.92. The van der Waals surface area contributed by atoms with Crippen LogP contribution in [0.1, 0.15) is 62.1 Å². The predicted molar refractivity (Wildman–Crippen MR) is 74.1 cm³/mol. The fourth-order valence-corrected chi connectivity index (χ4v) is 3.05. The molecule has 0 bridgehead atoms. The number of halogens is 4. The Bertz CT molecular complexity index is 464. The average Bonchev–Trinajstić information content (AvgIpc) is 2.44. The van der Waals surface area contributed by atoms with E-state index in [1.807, 2.05) is 0 Å². The fourth-order valence-electron chi connectivity index (χ4n) is 3.05. The molecule has 2 rings (SSSR count). The quantitative estimate of drug-likeness (QED) is 0.760. The topological polar surface area (TPSA) is 26.0 Å². The van der Waals surface area contributed by atoms with E-state index in [2.05, 4.69) is 0 Å². The molecule has 1 atom stereocenters. The zero-order valence-corrected chi connectivity index (χ0v) is 11.9. The number of nitrogens with two attached hydrogens (primary N) is 1. The van der Waals surface area contributed by atoms with Crippen LogP contribution in [0.25, 0.3) is 0 Å². The van der Waals surface area contributed by atoms with Crippen molar-refractivity contribution in [2.45, 2.75) is 57.2 Å². The Morgan fingerprint density at radius 1 is 1.14 bits per heavy atom. The molecule has 1 aromatic carbocycles. The maximum absolute atomic E-state index is 13.5. The molecule has 0 aliphatic heterocycles. The van der Waals surface area contributed by atoms with Crippen LogP contribution in [0.15, 0.2) is 18.2 Å². The summed E-state index contributed by atoms with van der Waals surface area (Å²) in [6, 6.07) is 2.60. The van der Waals surface area contributed by atoms with Crippen molar-refractivity contribution in [1.82, 2.24) is 0 Å². The van der Waals surface area contributed by atoms with Gasteiger partial charge in [0.2, 0.25) is 0 Å². The van der Waals surface area contributed by atoms with Gasteiger partial charge in [0.1, 0.15) is 5.82 Å². The Morgan fingerprint density at radius 3 is 2.38 bits per heavy atom. The minimum Gasteiger partial charge on any atom is -0.324 e. The number of hydrogen-bond donors (Lipinski definition) is 1. The van der Waals surface area contributed by atoms with Crippen molar-refractivity contribution in [1.29, 1.82) is 0 Å². The molecule has 5 heteroatoms. The highest BCUT2D eigenvalue weighted by atomic mass is 19.4. The second kappa shape index (κ2) is 6.77. The van der Waals surface area contributed by atoms with Gasteiger partial charge in [-0.15, -0.1) is 0 Å². The molecule has 0 aromatic heterocycles. The van der Waals surface area contributed by atoms with Crippen LogP contribution in [0.5, 0.6) is 0 Å². The summed E-state index contributed by atoms with van der Waals surface area (Å²) in [5, 5.41) is 0. The van der Waals surface area contributed by atoms with Gasteiger partial charge < -0.3 is 5.73 Å². The molecule has 118 valence electrons. The van der Waals surface area contributed by atoms with Gasteiger partial charge in [0, 0.05) is 6.04 Å². The van der Waals surface area contributed by atoms with E-state index in [0.717, 1.165) is 18.6 Å². The lowest BCUT2D eigenvalue weighted by molar-refractivity contribution is -0.140. The van der Waals surface area contributed by atoms with Crippen LogP contribution in [0.3, 0.4) is 0 Å². The van der Waals surface area contributed by atoms with E-state index in [1.54, 1.807) is 0 Å². The normalized spacial score (nSPS) is 18.7. The summed E-state index contributed by atoms with van der Waals surface area (Å²) in [5.74, 6) is -0.586. The fraction of sp³-hybridized carbons (Fsp3) is 0.625. The van der Waals surface area contributed by atoms with Gasteiger partial charge in [-0.2, -0.15) is 13.2 Å². The third-order valence-corrected chi connectivity index (χ3v) is 4.34. The first-order valence-corrected chi connectivity index (χ1v) is 7.50. The summed E-state index contributed by atoms with van der Waals surface area (Å²) in [4.78, 5) is 0. The first kappa shape index (κ1) is 16.3. The summed E-state index contributed by atoms with van der Waals surface area (Å²) < 4.78 is 51.0. The summed E-state index contributed by atoms with van der Waals surface area (Å²) >= 11 is 0. The molecule has 1 aliphatic rings. The van der Waals surface area contributed by atoms with Gasteiger partial charge in [-0.1, -0.05) is 38.2 Å². The standard InChI is InChI=1S/C16H21F4N/c17-14-10-12(7-8-13(14)16(18,19)20)15(21)9-6-11-4-2-1-3-5-11/h7-8,10-11,15H,1-6,9,21H2. The zero-order valence-electron chi connectivity index (χ0n) is 11.9. The molecule has 0 heterocycles. The first-order chi connectivity index (χ1) is 9.88. The van der Waals surface area contributed by atoms with Gasteiger partial charge in [-0.3, -0.25) is 0 Å². The molecule has 1 aromatic rings. The van der Waals surface area contributed by atoms with Crippen molar-refractivity contribution >= 4 is 0 Å². The van der Waals surface area contributed by atoms with E-state index < -0.39 is 23.6 Å². The Hall–Kier alpha value is -1.10. The highest BCUT2D eigenvalue weighted by Crippen LogP contribution is 2.33. The minimum absolute atomic E-state index is 0.399. The highest BCUT2D eigenvalue weighted by Gasteiger charge is 2.34. The largest absolute Gasteiger partial charge is 0.419 e. The van der Waals surface area contributed by atoms with Crippen molar-refractivity contribution < 1.29 is 17.6 Å². The van der Waals surface area contributed by atoms with E-state index in [0.29, 0.717) is 17.9 Å². The lowest BCUT2D eigenvalue weighted by Crippen LogP contribution is -2.15. The molecular weight excluding hydrogens is 282 g/mol. The maximum Gasteiger partial charge on any atom is 0.419 e. The summed E-state index contributed by atoms with van der Waals surface area (Å²) in [5.41, 5.74) is 5.20. The van der Waals surface area contributed by atoms with E-state index in [-0.39, 0.29) is 0 Å². The van der Waals surface area contributed by atoms with Crippen molar-refractivity contribution in [3.8, 4) is 0 Å². The van der Waals surface area contributed by atoms with Gasteiger partial charge in [-0.25, -0.2) is 4.39 Å². The van der Waals surface area contributed by atoms with Crippen molar-refractivity contribution in [2.75, 3.05) is 0 Å². The molecule has 1 nitrogen and oxygen atoms in total. The number of alkyl halides is 3. The van der Waals surface area contributed by atoms with Gasteiger partial charge in [0.05, 0.1) is 5.56 Å². The van der Waals surface area contributed by atoms with Crippen LogP contribution in [-0.4, -0.2) is 0 Å². The van der Waals surface area contributed by atoms with Crippen molar-refractivity contribution in [2.24, 2.45) is 11.7 Å². The number of benzene rings is 1. The second-order valence-corrected chi connectivity index (χ2v) is 5.92. The Balaban J connectivity index is 1.96. The van der Waals surface area contributed by atoms with Crippen LogP contribution in [0, 0.1) is 11.7 Å². The molecule has 1 aliphatic carbocycles. The molecule has 1 unspecified atom stereocenters. The lowest BCUT2D eigenvalue weighted by atomic mass is 9.84. The zero-order chi connectivity index (χ0) is 15.5. The predicted octanol–water partition coefficient (Wildman–Crippen LogP) is 5.20. The minimum atomic E-state index is -4.66. The number of rotatable bonds is 4. The van der Waals surface area contributed by atoms with Crippen molar-refractivity contribution in [3.63, 3.8) is 0 Å². The third-order valence-electron chi connectivity index (χ3n) is 4.34. The molecule has 0 amide bonds. The SMILES string of the molecule is NC(CCC1CCCCC1)c1ccc(C(F)(F)F)c(F)c1. The van der Waals surface area contributed by atoms with Crippen LogP contribution < -0.4 is 5.73 Å². The van der Waals surface area contributed by atoms with E-state index in [4.69, 9.17) is 5.73 Å². The molecule has 0 radical (unpaired) electrons. The van der Waals surface area contributed by atoms with E-state index >= 15 is 0 Å². The van der Waals surface area contributed by atoms with Crippen LogP contribution >= 0.6 is 0 Å². The third kappa shape index (κ3) is 4.43. The first-order valence-electron chi connectivity index (χ1n) is 7.50. The molecular formula is C16H21F4N. The van der Waals surface area contributed by atoms with Gasteiger partial charge in [-0.05, 0) is 36.5 Å². The molecule has 0 saturated heterocycles. The molecule has 0 spiro atoms. The highest BCUT2D eigenvalue weighted by molar-refractivity contribution is 5.28. The summed E-state index contributed by atoms with van der Waals surface area (Å²) in [6.07, 6.45) is 3.17. The van der Waals surface area contributed by atoms with Crippen LogP contribution in [0.2, 0.25) is 0 Å². The Morgan fingerprint density at radius 2 is 1.81 bits per heavy atom. The van der Waals surface area contributed by atoms with E-state index in [9.17, 15) is 17.6 Å². The smallest absolute Gasteiger partial charge is 0.324 e. The lowest BCUT2D eigenvalue weighted by Gasteiger charge is -2.23. The Kier molecular flexibility index (Phi) is 5.25. The average molecular weight is 303 g/mol. The van der Waals surface area contributed by atoms with Gasteiger partial charge in [0.15, 0.2) is 0 Å². The van der Waals surface area contributed by atoms with E-state index in [1.165, 1.54) is 38.2 Å². The number of hydrogen-bond acceptors (Lipinski definition) is 1. The maximum atomic E-state index is 13.5. The molecule has 21 heavy (non-hydrogen) atoms. The van der Waals surface area contributed by atoms with Crippen LogP contribution in [0.4, 0.5) is 17.6 Å². The summed E-state index contributed by atoms with van der Waals surface area (Å²) in [7, 11) is 0. The monoisotopic (exact) mass is 303 g/mol. The van der Waals surface area contributed by atoms with Crippen LogP contribution in [-0.2, 0) is 6.18 Å².